The minimum atomic E-state index is 0.292. The Morgan fingerprint density at radius 3 is 2.43 bits per heavy atom. The van der Waals surface area contributed by atoms with Crippen molar-refractivity contribution >= 4 is 0 Å². The van der Waals surface area contributed by atoms with E-state index < -0.39 is 0 Å². The van der Waals surface area contributed by atoms with Crippen molar-refractivity contribution in [3.05, 3.63) is 18.1 Å². The van der Waals surface area contributed by atoms with Crippen molar-refractivity contribution in [1.82, 2.24) is 15.1 Å². The second-order valence-corrected chi connectivity index (χ2v) is 7.61. The van der Waals surface area contributed by atoms with E-state index in [1.807, 2.05) is 0 Å². The minimum absolute atomic E-state index is 0.292. The average Bonchev–Trinajstić information content (AvgIpc) is 2.93. The topological polar surface area (TPSA) is 18.5 Å². The Kier molecular flexibility index (Phi) is 4.33. The molecule has 1 aliphatic carbocycles. The molecule has 3 heteroatoms. The van der Waals surface area contributed by atoms with Crippen molar-refractivity contribution in [2.75, 3.05) is 26.7 Å². The standard InChI is InChI=1S/C18H31N3/c1-4-17(19-18(2)10-6-11-18)21-12-5-7-16(21)15-8-13-20(3)14-9-15/h15-16,19H,1,5-14H2,2-3H3. The SMILES string of the molecule is C=C=C(NC1(C)CCC1)N1CCCC1C1CCN(C)CC1. The second-order valence-electron chi connectivity index (χ2n) is 7.61. The van der Waals surface area contributed by atoms with Gasteiger partial charge in [-0.3, -0.25) is 0 Å². The van der Waals surface area contributed by atoms with Crippen LogP contribution < -0.4 is 5.32 Å². The minimum Gasteiger partial charge on any atom is -0.360 e. The van der Waals surface area contributed by atoms with Gasteiger partial charge in [-0.1, -0.05) is 12.3 Å². The van der Waals surface area contributed by atoms with Gasteiger partial charge in [-0.25, -0.2) is 0 Å². The summed E-state index contributed by atoms with van der Waals surface area (Å²) in [5.41, 5.74) is 3.51. The predicted molar refractivity (Wildman–Crippen MR) is 88.0 cm³/mol. The fourth-order valence-electron chi connectivity index (χ4n) is 4.31. The van der Waals surface area contributed by atoms with E-state index in [0.29, 0.717) is 11.6 Å². The Morgan fingerprint density at radius 1 is 1.14 bits per heavy atom. The van der Waals surface area contributed by atoms with Crippen LogP contribution in [0, 0.1) is 5.92 Å². The lowest BCUT2D eigenvalue weighted by Gasteiger charge is -2.44. The summed E-state index contributed by atoms with van der Waals surface area (Å²) in [6.45, 7) is 10.0. The van der Waals surface area contributed by atoms with Gasteiger partial charge >= 0.3 is 0 Å². The first kappa shape index (κ1) is 15.0. The van der Waals surface area contributed by atoms with Crippen LogP contribution in [0.4, 0.5) is 0 Å². The van der Waals surface area contributed by atoms with Gasteiger partial charge in [0, 0.05) is 18.1 Å². The first-order valence-corrected chi connectivity index (χ1v) is 8.75. The molecule has 2 saturated heterocycles. The van der Waals surface area contributed by atoms with E-state index in [4.69, 9.17) is 0 Å². The predicted octanol–water partition coefficient (Wildman–Crippen LogP) is 2.95. The monoisotopic (exact) mass is 289 g/mol. The molecule has 0 aromatic heterocycles. The molecule has 0 radical (unpaired) electrons. The highest BCUT2D eigenvalue weighted by Gasteiger charge is 2.38. The van der Waals surface area contributed by atoms with Crippen LogP contribution in [0.25, 0.3) is 0 Å². The third-order valence-corrected chi connectivity index (χ3v) is 5.94. The molecule has 1 unspecified atom stereocenters. The van der Waals surface area contributed by atoms with Gasteiger partial charge in [0.05, 0.1) is 0 Å². The van der Waals surface area contributed by atoms with Crippen LogP contribution >= 0.6 is 0 Å². The molecular formula is C18H31N3. The lowest BCUT2D eigenvalue weighted by molar-refractivity contribution is 0.126. The van der Waals surface area contributed by atoms with Gasteiger partial charge in [-0.2, -0.15) is 0 Å². The molecule has 3 rings (SSSR count). The lowest BCUT2D eigenvalue weighted by Crippen LogP contribution is -2.52. The smallest absolute Gasteiger partial charge is 0.146 e. The van der Waals surface area contributed by atoms with Gasteiger partial charge in [0.2, 0.25) is 0 Å². The number of nitrogens with one attached hydrogen (secondary N) is 1. The van der Waals surface area contributed by atoms with Gasteiger partial charge in [-0.15, -0.1) is 0 Å². The van der Waals surface area contributed by atoms with E-state index in [1.54, 1.807) is 0 Å². The van der Waals surface area contributed by atoms with E-state index >= 15 is 0 Å². The highest BCUT2D eigenvalue weighted by Crippen LogP contribution is 2.36. The third-order valence-electron chi connectivity index (χ3n) is 5.94. The molecule has 1 N–H and O–H groups in total. The number of likely N-dealkylation sites (tertiary alicyclic amines) is 2. The van der Waals surface area contributed by atoms with E-state index in [9.17, 15) is 0 Å². The van der Waals surface area contributed by atoms with Gasteiger partial charge in [0.15, 0.2) is 0 Å². The van der Waals surface area contributed by atoms with Gasteiger partial charge < -0.3 is 15.1 Å². The van der Waals surface area contributed by atoms with E-state index in [0.717, 1.165) is 5.92 Å². The molecule has 118 valence electrons. The summed E-state index contributed by atoms with van der Waals surface area (Å²) >= 11 is 0. The Labute approximate surface area is 130 Å². The van der Waals surface area contributed by atoms with Crippen molar-refractivity contribution in [2.45, 2.75) is 63.5 Å². The molecule has 2 aliphatic heterocycles. The molecule has 2 heterocycles. The quantitative estimate of drug-likeness (QED) is 0.803. The van der Waals surface area contributed by atoms with Gasteiger partial charge in [0.1, 0.15) is 5.82 Å². The second kappa shape index (κ2) is 6.06. The summed E-state index contributed by atoms with van der Waals surface area (Å²) in [5, 5.41) is 3.76. The molecule has 0 spiro atoms. The molecular weight excluding hydrogens is 258 g/mol. The highest BCUT2D eigenvalue weighted by atomic mass is 15.3. The third kappa shape index (κ3) is 3.14. The summed E-state index contributed by atoms with van der Waals surface area (Å²) in [6.07, 6.45) is 9.28. The summed E-state index contributed by atoms with van der Waals surface area (Å²) in [4.78, 5) is 5.06. The Balaban J connectivity index is 1.66. The van der Waals surface area contributed by atoms with Crippen LogP contribution in [0.2, 0.25) is 0 Å². The normalized spacial score (nSPS) is 29.8. The van der Waals surface area contributed by atoms with Crippen LogP contribution in [-0.4, -0.2) is 48.1 Å². The number of piperidine rings is 1. The van der Waals surface area contributed by atoms with Crippen molar-refractivity contribution in [3.8, 4) is 0 Å². The maximum absolute atomic E-state index is 3.97. The van der Waals surface area contributed by atoms with Crippen LogP contribution in [0.3, 0.4) is 0 Å². The van der Waals surface area contributed by atoms with E-state index in [2.05, 4.69) is 41.4 Å². The first-order chi connectivity index (χ1) is 10.1. The fraction of sp³-hybridized carbons (Fsp3) is 0.833. The first-order valence-electron chi connectivity index (χ1n) is 8.75. The lowest BCUT2D eigenvalue weighted by atomic mass is 9.78. The Bertz CT molecular complexity index is 412. The fourth-order valence-corrected chi connectivity index (χ4v) is 4.31. The summed E-state index contributed by atoms with van der Waals surface area (Å²) in [6, 6.07) is 0.708. The van der Waals surface area contributed by atoms with Crippen molar-refractivity contribution in [2.24, 2.45) is 5.92 Å². The molecule has 1 atom stereocenters. The highest BCUT2D eigenvalue weighted by molar-refractivity contribution is 5.09. The molecule has 0 aromatic rings. The molecule has 0 aromatic carbocycles. The summed E-state index contributed by atoms with van der Waals surface area (Å²) < 4.78 is 0. The molecule has 21 heavy (non-hydrogen) atoms. The van der Waals surface area contributed by atoms with Crippen molar-refractivity contribution in [1.29, 1.82) is 0 Å². The molecule has 0 amide bonds. The zero-order valence-corrected chi connectivity index (χ0v) is 13.8. The Morgan fingerprint density at radius 2 is 1.86 bits per heavy atom. The van der Waals surface area contributed by atoms with E-state index in [-0.39, 0.29) is 0 Å². The van der Waals surface area contributed by atoms with Crippen LogP contribution in [0.1, 0.15) is 51.9 Å². The largest absolute Gasteiger partial charge is 0.360 e. The average molecular weight is 289 g/mol. The maximum Gasteiger partial charge on any atom is 0.146 e. The van der Waals surface area contributed by atoms with E-state index in [1.165, 1.54) is 70.4 Å². The van der Waals surface area contributed by atoms with Crippen LogP contribution in [0.5, 0.6) is 0 Å². The summed E-state index contributed by atoms with van der Waals surface area (Å²) in [5.74, 6) is 2.03. The number of hydrogen-bond acceptors (Lipinski definition) is 3. The zero-order valence-electron chi connectivity index (χ0n) is 13.8. The molecule has 3 fully saturated rings. The number of hydrogen-bond donors (Lipinski definition) is 1. The number of nitrogens with zero attached hydrogens (tertiary/aromatic N) is 2. The maximum atomic E-state index is 3.97. The van der Waals surface area contributed by atoms with Crippen molar-refractivity contribution < 1.29 is 0 Å². The van der Waals surface area contributed by atoms with Crippen LogP contribution in [-0.2, 0) is 0 Å². The molecule has 1 saturated carbocycles. The van der Waals surface area contributed by atoms with Gasteiger partial charge in [-0.05, 0) is 77.9 Å². The Hall–Kier alpha value is -0.920. The molecule has 0 bridgehead atoms. The zero-order chi connectivity index (χ0) is 14.9. The van der Waals surface area contributed by atoms with Gasteiger partial charge in [0.25, 0.3) is 0 Å². The summed E-state index contributed by atoms with van der Waals surface area (Å²) in [7, 11) is 2.25. The van der Waals surface area contributed by atoms with Crippen LogP contribution in [0.15, 0.2) is 18.1 Å². The number of rotatable bonds is 4. The molecule has 3 aliphatic rings. The molecule has 3 nitrogen and oxygen atoms in total. The van der Waals surface area contributed by atoms with Crippen molar-refractivity contribution in [3.63, 3.8) is 0 Å².